The first-order chi connectivity index (χ1) is 13.4. The number of nitrogens with one attached hydrogen (secondary N) is 1. The second kappa shape index (κ2) is 9.01. The number of pyridine rings is 1. The second-order valence-electron chi connectivity index (χ2n) is 7.72. The summed E-state index contributed by atoms with van der Waals surface area (Å²) in [6.45, 7) is 7.25. The van der Waals surface area contributed by atoms with Gasteiger partial charge in [-0.1, -0.05) is 78.8 Å². The summed E-state index contributed by atoms with van der Waals surface area (Å²) in [6.07, 6.45) is 4.56. The Balaban J connectivity index is 1.72. The Morgan fingerprint density at radius 2 is 1.89 bits per heavy atom. The van der Waals surface area contributed by atoms with Crippen molar-refractivity contribution in [2.75, 3.05) is 12.8 Å². The summed E-state index contributed by atoms with van der Waals surface area (Å²) in [5, 5.41) is 3.97. The highest BCUT2D eigenvalue weighted by atomic mass is 33.1. The van der Waals surface area contributed by atoms with E-state index in [1.54, 1.807) is 33.9 Å². The van der Waals surface area contributed by atoms with E-state index >= 15 is 0 Å². The molecule has 1 heterocycles. The Bertz CT molecular complexity index is 980. The van der Waals surface area contributed by atoms with Crippen LogP contribution in [0.25, 0.3) is 10.9 Å². The van der Waals surface area contributed by atoms with Gasteiger partial charge in [0, 0.05) is 23.0 Å². The molecule has 0 saturated carbocycles. The van der Waals surface area contributed by atoms with Crippen molar-refractivity contribution in [1.29, 1.82) is 0 Å². The molecule has 1 N–H and O–H groups in total. The third-order valence-electron chi connectivity index (χ3n) is 4.64. The van der Waals surface area contributed by atoms with Gasteiger partial charge in [-0.05, 0) is 41.4 Å². The van der Waals surface area contributed by atoms with Gasteiger partial charge in [-0.15, -0.1) is 0 Å². The Morgan fingerprint density at radius 1 is 1.11 bits per heavy atom. The smallest absolute Gasteiger partial charge is 0.252 e. The Labute approximate surface area is 175 Å². The second-order valence-corrected chi connectivity index (χ2v) is 10.2. The number of benzene rings is 2. The standard InChI is InChI=1S/C23H26N2OS2/c1-23(2,3)17-8-5-7-16(15-17)11-13-25-22(26)19-12-14-24-21-18(19)9-6-10-20(21)28-27-4/h5-10,12,14-15H,11,13H2,1-4H3,(H,25,26). The molecular formula is C23H26N2OS2. The monoisotopic (exact) mass is 410 g/mol. The summed E-state index contributed by atoms with van der Waals surface area (Å²) in [4.78, 5) is 18.4. The molecule has 0 radical (unpaired) electrons. The van der Waals surface area contributed by atoms with Crippen molar-refractivity contribution in [3.63, 3.8) is 0 Å². The molecule has 0 spiro atoms. The summed E-state index contributed by atoms with van der Waals surface area (Å²) in [5.74, 6) is -0.0503. The predicted molar refractivity (Wildman–Crippen MR) is 122 cm³/mol. The molecule has 2 aromatic carbocycles. The maximum absolute atomic E-state index is 12.8. The van der Waals surface area contributed by atoms with Crippen LogP contribution >= 0.6 is 21.6 Å². The summed E-state index contributed by atoms with van der Waals surface area (Å²) in [6, 6.07) is 16.4. The number of para-hydroxylation sites is 1. The number of aromatic nitrogens is 1. The molecule has 0 fully saturated rings. The molecule has 1 amide bonds. The van der Waals surface area contributed by atoms with Crippen LogP contribution in [0.2, 0.25) is 0 Å². The average molecular weight is 411 g/mol. The molecule has 3 rings (SSSR count). The highest BCUT2D eigenvalue weighted by Crippen LogP contribution is 2.34. The SMILES string of the molecule is CSSc1cccc2c(C(=O)NCCc3cccc(C(C)(C)C)c3)ccnc12. The predicted octanol–water partition coefficient (Wildman–Crippen LogP) is 5.87. The zero-order valence-corrected chi connectivity index (χ0v) is 18.4. The molecule has 0 aliphatic carbocycles. The third kappa shape index (κ3) is 4.89. The van der Waals surface area contributed by atoms with Gasteiger partial charge in [0.25, 0.3) is 5.91 Å². The van der Waals surface area contributed by atoms with Crippen LogP contribution in [0, 0.1) is 0 Å². The van der Waals surface area contributed by atoms with E-state index in [4.69, 9.17) is 0 Å². The van der Waals surface area contributed by atoms with Crippen LogP contribution in [0.15, 0.2) is 59.6 Å². The van der Waals surface area contributed by atoms with Gasteiger partial charge in [0.1, 0.15) is 0 Å². The molecular weight excluding hydrogens is 384 g/mol. The lowest BCUT2D eigenvalue weighted by Gasteiger charge is -2.19. The van der Waals surface area contributed by atoms with Crippen molar-refractivity contribution in [2.45, 2.75) is 37.5 Å². The molecule has 3 aromatic rings. The fourth-order valence-electron chi connectivity index (χ4n) is 3.11. The van der Waals surface area contributed by atoms with E-state index in [0.717, 1.165) is 22.2 Å². The van der Waals surface area contributed by atoms with Crippen molar-refractivity contribution < 1.29 is 4.79 Å². The zero-order chi connectivity index (χ0) is 20.1. The molecule has 0 aliphatic heterocycles. The molecule has 5 heteroatoms. The maximum atomic E-state index is 12.8. The van der Waals surface area contributed by atoms with Crippen LogP contribution in [0.1, 0.15) is 42.3 Å². The largest absolute Gasteiger partial charge is 0.352 e. The van der Waals surface area contributed by atoms with E-state index in [2.05, 4.69) is 55.3 Å². The van der Waals surface area contributed by atoms with Crippen LogP contribution in [0.4, 0.5) is 0 Å². The first kappa shape index (κ1) is 20.7. The highest BCUT2D eigenvalue weighted by molar-refractivity contribution is 8.76. The van der Waals surface area contributed by atoms with Crippen molar-refractivity contribution in [1.82, 2.24) is 10.3 Å². The van der Waals surface area contributed by atoms with Crippen molar-refractivity contribution in [3.8, 4) is 0 Å². The first-order valence-corrected chi connectivity index (χ1v) is 11.9. The summed E-state index contributed by atoms with van der Waals surface area (Å²) in [7, 11) is 3.34. The summed E-state index contributed by atoms with van der Waals surface area (Å²) in [5.41, 5.74) is 4.24. The minimum Gasteiger partial charge on any atom is -0.352 e. The average Bonchev–Trinajstić information content (AvgIpc) is 2.67. The van der Waals surface area contributed by atoms with Gasteiger partial charge < -0.3 is 5.32 Å². The normalized spacial score (nSPS) is 11.6. The third-order valence-corrected chi connectivity index (χ3v) is 6.36. The topological polar surface area (TPSA) is 42.0 Å². The van der Waals surface area contributed by atoms with Crippen molar-refractivity contribution in [2.24, 2.45) is 0 Å². The molecule has 0 saturated heterocycles. The van der Waals surface area contributed by atoms with Gasteiger partial charge in [0.15, 0.2) is 0 Å². The lowest BCUT2D eigenvalue weighted by Crippen LogP contribution is -2.26. The van der Waals surface area contributed by atoms with E-state index in [0.29, 0.717) is 12.1 Å². The molecule has 0 atom stereocenters. The van der Waals surface area contributed by atoms with E-state index in [1.165, 1.54) is 11.1 Å². The Hall–Kier alpha value is -1.98. The minimum atomic E-state index is -0.0503. The number of fused-ring (bicyclic) bond motifs is 1. The van der Waals surface area contributed by atoms with E-state index in [1.807, 2.05) is 24.5 Å². The lowest BCUT2D eigenvalue weighted by molar-refractivity contribution is 0.0955. The molecule has 0 aliphatic rings. The number of amides is 1. The molecule has 1 aromatic heterocycles. The van der Waals surface area contributed by atoms with Gasteiger partial charge in [-0.25, -0.2) is 0 Å². The fraction of sp³-hybridized carbons (Fsp3) is 0.304. The van der Waals surface area contributed by atoms with Crippen molar-refractivity contribution >= 4 is 38.4 Å². The van der Waals surface area contributed by atoms with Crippen LogP contribution in [0.3, 0.4) is 0 Å². The van der Waals surface area contributed by atoms with E-state index in [9.17, 15) is 4.79 Å². The zero-order valence-electron chi connectivity index (χ0n) is 16.8. The quantitative estimate of drug-likeness (QED) is 0.516. The van der Waals surface area contributed by atoms with Gasteiger partial charge in [-0.2, -0.15) is 0 Å². The summed E-state index contributed by atoms with van der Waals surface area (Å²) >= 11 is 0. The Kier molecular flexibility index (Phi) is 6.68. The number of hydrogen-bond donors (Lipinski definition) is 1. The highest BCUT2D eigenvalue weighted by Gasteiger charge is 2.14. The molecule has 3 nitrogen and oxygen atoms in total. The number of carbonyl (C=O) groups is 1. The van der Waals surface area contributed by atoms with Crippen LogP contribution in [0.5, 0.6) is 0 Å². The van der Waals surface area contributed by atoms with Crippen LogP contribution in [-0.2, 0) is 11.8 Å². The molecule has 0 unspecified atom stereocenters. The number of nitrogens with zero attached hydrogens (tertiary/aromatic N) is 1. The number of rotatable bonds is 6. The minimum absolute atomic E-state index is 0.0503. The molecule has 0 bridgehead atoms. The van der Waals surface area contributed by atoms with Crippen LogP contribution in [-0.4, -0.2) is 23.7 Å². The lowest BCUT2D eigenvalue weighted by atomic mass is 9.86. The van der Waals surface area contributed by atoms with Gasteiger partial charge in [-0.3, -0.25) is 9.78 Å². The van der Waals surface area contributed by atoms with Gasteiger partial charge >= 0.3 is 0 Å². The molecule has 28 heavy (non-hydrogen) atoms. The van der Waals surface area contributed by atoms with Gasteiger partial charge in [0.05, 0.1) is 11.1 Å². The summed E-state index contributed by atoms with van der Waals surface area (Å²) < 4.78 is 0. The Morgan fingerprint density at radius 3 is 2.64 bits per heavy atom. The fourth-order valence-corrected chi connectivity index (χ4v) is 4.61. The molecule has 146 valence electrons. The van der Waals surface area contributed by atoms with Crippen molar-refractivity contribution in [3.05, 3.63) is 71.4 Å². The number of carbonyl (C=O) groups excluding carboxylic acids is 1. The van der Waals surface area contributed by atoms with E-state index < -0.39 is 0 Å². The first-order valence-electron chi connectivity index (χ1n) is 9.36. The van der Waals surface area contributed by atoms with Crippen LogP contribution < -0.4 is 5.32 Å². The van der Waals surface area contributed by atoms with E-state index in [-0.39, 0.29) is 11.3 Å². The van der Waals surface area contributed by atoms with Gasteiger partial charge in [0.2, 0.25) is 0 Å². The maximum Gasteiger partial charge on any atom is 0.252 e. The number of hydrogen-bond acceptors (Lipinski definition) is 4.